The first-order valence-electron chi connectivity index (χ1n) is 6.93. The zero-order chi connectivity index (χ0) is 15.8. The van der Waals surface area contributed by atoms with E-state index in [0.29, 0.717) is 12.2 Å². The van der Waals surface area contributed by atoms with Crippen LogP contribution >= 0.6 is 0 Å². The Morgan fingerprint density at radius 1 is 1.14 bits per heavy atom. The maximum atomic E-state index is 12.1. The number of hydrogen-bond donors (Lipinski definition) is 1. The molecule has 1 N–H and O–H groups in total. The lowest BCUT2D eigenvalue weighted by molar-refractivity contribution is 0.102. The van der Waals surface area contributed by atoms with Crippen molar-refractivity contribution in [3.8, 4) is 5.75 Å². The number of carbonyl (C=O) groups excluding carboxylic acids is 1. The minimum atomic E-state index is -0.167. The molecule has 1 amide bonds. The molecule has 0 saturated heterocycles. The molecule has 0 aromatic heterocycles. The smallest absolute Gasteiger partial charge is 0.255 e. The van der Waals surface area contributed by atoms with Gasteiger partial charge in [-0.25, -0.2) is 0 Å². The average molecular weight is 298 g/mol. The third kappa shape index (κ3) is 4.34. The largest absolute Gasteiger partial charge is 0.494 e. The van der Waals surface area contributed by atoms with Crippen molar-refractivity contribution in [1.29, 1.82) is 0 Å². The number of amides is 1. The summed E-state index contributed by atoms with van der Waals surface area (Å²) in [4.78, 5) is 16.8. The van der Waals surface area contributed by atoms with Gasteiger partial charge in [-0.1, -0.05) is 17.3 Å². The number of hydrogen-bond acceptors (Lipinski definition) is 4. The van der Waals surface area contributed by atoms with E-state index in [-0.39, 0.29) is 5.91 Å². The van der Waals surface area contributed by atoms with Crippen molar-refractivity contribution < 1.29 is 14.4 Å². The molecule has 0 aliphatic rings. The second-order valence-electron chi connectivity index (χ2n) is 4.45. The molecule has 0 aliphatic carbocycles. The standard InChI is InChI=1S/C17H18N2O3/c1-3-22-16-10-8-15(9-11-16)19-17(20)14-6-4-13(5-7-14)12-18-21-2/h4-12H,3H2,1-2H3,(H,19,20)/b18-12+. The summed E-state index contributed by atoms with van der Waals surface area (Å²) < 4.78 is 5.36. The summed E-state index contributed by atoms with van der Waals surface area (Å²) in [5, 5.41) is 6.51. The lowest BCUT2D eigenvalue weighted by Gasteiger charge is -2.07. The van der Waals surface area contributed by atoms with Crippen molar-refractivity contribution in [1.82, 2.24) is 0 Å². The normalized spacial score (nSPS) is 10.5. The zero-order valence-corrected chi connectivity index (χ0v) is 12.6. The number of ether oxygens (including phenoxy) is 1. The van der Waals surface area contributed by atoms with Gasteiger partial charge in [-0.2, -0.15) is 0 Å². The molecule has 2 rings (SSSR count). The Kier molecular flexibility index (Phi) is 5.54. The molecule has 0 radical (unpaired) electrons. The molecule has 5 heteroatoms. The van der Waals surface area contributed by atoms with Gasteiger partial charge in [0.05, 0.1) is 12.8 Å². The first-order chi connectivity index (χ1) is 10.7. The van der Waals surface area contributed by atoms with Gasteiger partial charge in [0.2, 0.25) is 0 Å². The molecular formula is C17H18N2O3. The number of rotatable bonds is 6. The molecule has 0 saturated carbocycles. The van der Waals surface area contributed by atoms with E-state index in [2.05, 4.69) is 15.3 Å². The zero-order valence-electron chi connectivity index (χ0n) is 12.6. The first kappa shape index (κ1) is 15.6. The molecule has 0 atom stereocenters. The van der Waals surface area contributed by atoms with Crippen molar-refractivity contribution in [2.45, 2.75) is 6.92 Å². The second kappa shape index (κ2) is 7.83. The van der Waals surface area contributed by atoms with E-state index in [0.717, 1.165) is 17.0 Å². The van der Waals surface area contributed by atoms with Gasteiger partial charge in [0.1, 0.15) is 12.9 Å². The van der Waals surface area contributed by atoms with Crippen LogP contribution in [0.25, 0.3) is 0 Å². The first-order valence-corrected chi connectivity index (χ1v) is 6.93. The predicted octanol–water partition coefficient (Wildman–Crippen LogP) is 3.32. The summed E-state index contributed by atoms with van der Waals surface area (Å²) in [6, 6.07) is 14.3. The Balaban J connectivity index is 2.00. The van der Waals surface area contributed by atoms with E-state index < -0.39 is 0 Å². The van der Waals surface area contributed by atoms with Crippen LogP contribution < -0.4 is 10.1 Å². The molecule has 5 nitrogen and oxygen atoms in total. The number of anilines is 1. The highest BCUT2D eigenvalue weighted by Gasteiger charge is 2.06. The van der Waals surface area contributed by atoms with Crippen LogP contribution in [0.4, 0.5) is 5.69 Å². The molecule has 0 spiro atoms. The van der Waals surface area contributed by atoms with E-state index in [4.69, 9.17) is 4.74 Å². The van der Waals surface area contributed by atoms with Crippen molar-refractivity contribution in [2.24, 2.45) is 5.16 Å². The fourth-order valence-corrected chi connectivity index (χ4v) is 1.84. The highest BCUT2D eigenvalue weighted by Crippen LogP contribution is 2.16. The number of benzene rings is 2. The van der Waals surface area contributed by atoms with Crippen molar-refractivity contribution >= 4 is 17.8 Å². The fraction of sp³-hybridized carbons (Fsp3) is 0.176. The molecule has 2 aromatic rings. The van der Waals surface area contributed by atoms with E-state index in [9.17, 15) is 4.79 Å². The van der Waals surface area contributed by atoms with Gasteiger partial charge in [0.15, 0.2) is 0 Å². The Bertz CT molecular complexity index is 634. The van der Waals surface area contributed by atoms with Gasteiger partial charge in [-0.3, -0.25) is 4.79 Å². The van der Waals surface area contributed by atoms with E-state index >= 15 is 0 Å². The molecule has 0 fully saturated rings. The maximum absolute atomic E-state index is 12.1. The van der Waals surface area contributed by atoms with Crippen LogP contribution in [0.5, 0.6) is 5.75 Å². The van der Waals surface area contributed by atoms with Crippen LogP contribution in [0.2, 0.25) is 0 Å². The van der Waals surface area contributed by atoms with Crippen LogP contribution in [0.15, 0.2) is 53.7 Å². The molecular weight excluding hydrogens is 280 g/mol. The van der Waals surface area contributed by atoms with Crippen molar-refractivity contribution in [2.75, 3.05) is 19.0 Å². The molecule has 0 aliphatic heterocycles. The summed E-state index contributed by atoms with van der Waals surface area (Å²) in [5.41, 5.74) is 2.15. The quantitative estimate of drug-likeness (QED) is 0.657. The monoisotopic (exact) mass is 298 g/mol. The van der Waals surface area contributed by atoms with Crippen molar-refractivity contribution in [3.05, 3.63) is 59.7 Å². The van der Waals surface area contributed by atoms with Crippen LogP contribution in [-0.4, -0.2) is 25.8 Å². The summed E-state index contributed by atoms with van der Waals surface area (Å²) in [6.07, 6.45) is 1.58. The lowest BCUT2D eigenvalue weighted by atomic mass is 10.1. The van der Waals surface area contributed by atoms with Crippen molar-refractivity contribution in [3.63, 3.8) is 0 Å². The summed E-state index contributed by atoms with van der Waals surface area (Å²) >= 11 is 0. The highest BCUT2D eigenvalue weighted by molar-refractivity contribution is 6.04. The van der Waals surface area contributed by atoms with Gasteiger partial charge in [0, 0.05) is 11.3 Å². The number of oxime groups is 1. The molecule has 2 aromatic carbocycles. The Hall–Kier alpha value is -2.82. The Morgan fingerprint density at radius 2 is 1.82 bits per heavy atom. The summed E-state index contributed by atoms with van der Waals surface area (Å²) in [5.74, 6) is 0.613. The van der Waals surface area contributed by atoms with Gasteiger partial charge in [-0.05, 0) is 48.9 Å². The Morgan fingerprint density at radius 3 is 2.41 bits per heavy atom. The number of carbonyl (C=O) groups is 1. The minimum Gasteiger partial charge on any atom is -0.494 e. The van der Waals surface area contributed by atoms with Crippen LogP contribution in [-0.2, 0) is 4.84 Å². The predicted molar refractivity (Wildman–Crippen MR) is 86.6 cm³/mol. The molecule has 114 valence electrons. The van der Waals surface area contributed by atoms with E-state index in [1.165, 1.54) is 7.11 Å². The third-order valence-corrected chi connectivity index (χ3v) is 2.90. The maximum Gasteiger partial charge on any atom is 0.255 e. The van der Waals surface area contributed by atoms with Crippen LogP contribution in [0, 0.1) is 0 Å². The minimum absolute atomic E-state index is 0.167. The number of nitrogens with zero attached hydrogens (tertiary/aromatic N) is 1. The van der Waals surface area contributed by atoms with Gasteiger partial charge in [-0.15, -0.1) is 0 Å². The third-order valence-electron chi connectivity index (χ3n) is 2.90. The molecule has 22 heavy (non-hydrogen) atoms. The van der Waals surface area contributed by atoms with Crippen LogP contribution in [0.1, 0.15) is 22.8 Å². The van der Waals surface area contributed by atoms with E-state index in [1.54, 1.807) is 30.5 Å². The van der Waals surface area contributed by atoms with E-state index in [1.807, 2.05) is 31.2 Å². The highest BCUT2D eigenvalue weighted by atomic mass is 16.6. The molecule has 0 unspecified atom stereocenters. The summed E-state index contributed by atoms with van der Waals surface area (Å²) in [6.45, 7) is 2.54. The van der Waals surface area contributed by atoms with Gasteiger partial charge in [0.25, 0.3) is 5.91 Å². The van der Waals surface area contributed by atoms with Crippen LogP contribution in [0.3, 0.4) is 0 Å². The number of nitrogens with one attached hydrogen (secondary N) is 1. The molecule has 0 heterocycles. The van der Waals surface area contributed by atoms with Gasteiger partial charge < -0.3 is 14.9 Å². The SMILES string of the molecule is CCOc1ccc(NC(=O)c2ccc(/C=N/OC)cc2)cc1. The topological polar surface area (TPSA) is 59.9 Å². The van der Waals surface area contributed by atoms with Gasteiger partial charge >= 0.3 is 0 Å². The second-order valence-corrected chi connectivity index (χ2v) is 4.45. The lowest BCUT2D eigenvalue weighted by Crippen LogP contribution is -2.11. The Labute approximate surface area is 129 Å². The molecule has 0 bridgehead atoms. The average Bonchev–Trinajstić information content (AvgIpc) is 2.55. The summed E-state index contributed by atoms with van der Waals surface area (Å²) in [7, 11) is 1.48. The fourth-order valence-electron chi connectivity index (χ4n) is 1.84.